The van der Waals surface area contributed by atoms with Crippen molar-refractivity contribution in [2.45, 2.75) is 71.0 Å². The fourth-order valence-corrected chi connectivity index (χ4v) is 4.29. The Labute approximate surface area is 171 Å². The maximum absolute atomic E-state index is 12.9. The number of amides is 3. The van der Waals surface area contributed by atoms with E-state index in [1.54, 1.807) is 17.0 Å². The van der Waals surface area contributed by atoms with Crippen LogP contribution in [0.4, 0.5) is 5.69 Å². The number of fused-ring (bicyclic) bond motifs is 1. The van der Waals surface area contributed by atoms with Crippen molar-refractivity contribution in [2.24, 2.45) is 5.92 Å². The van der Waals surface area contributed by atoms with E-state index in [1.165, 1.54) is 0 Å². The van der Waals surface area contributed by atoms with Gasteiger partial charge in [-0.2, -0.15) is 0 Å². The molecule has 1 aliphatic carbocycles. The van der Waals surface area contributed by atoms with Gasteiger partial charge in [-0.25, -0.2) is 0 Å². The van der Waals surface area contributed by atoms with Crippen LogP contribution in [-0.2, 0) is 14.4 Å². The van der Waals surface area contributed by atoms with Gasteiger partial charge in [-0.15, -0.1) is 0 Å². The van der Waals surface area contributed by atoms with E-state index in [4.69, 9.17) is 11.6 Å². The molecule has 3 rings (SSSR count). The second kappa shape index (κ2) is 8.52. The van der Waals surface area contributed by atoms with Crippen LogP contribution >= 0.6 is 11.6 Å². The summed E-state index contributed by atoms with van der Waals surface area (Å²) in [5.74, 6) is -0.844. The van der Waals surface area contributed by atoms with Crippen LogP contribution in [0.5, 0.6) is 0 Å². The second-order valence-corrected chi connectivity index (χ2v) is 8.51. The number of carbonyl (C=O) groups is 3. The lowest BCUT2D eigenvalue weighted by Crippen LogP contribution is -2.68. The minimum Gasteiger partial charge on any atom is -0.349 e. The normalized spacial score (nSPS) is 24.5. The quantitative estimate of drug-likeness (QED) is 0.806. The summed E-state index contributed by atoms with van der Waals surface area (Å²) in [6.45, 7) is 5.55. The molecular weight excluding hydrogens is 378 g/mol. The number of halogens is 1. The molecule has 1 saturated heterocycles. The number of nitrogens with one attached hydrogen (secondary N) is 2. The van der Waals surface area contributed by atoms with Crippen LogP contribution in [0.1, 0.15) is 51.5 Å². The summed E-state index contributed by atoms with van der Waals surface area (Å²) < 4.78 is 0. The van der Waals surface area contributed by atoms with Gasteiger partial charge in [0.25, 0.3) is 0 Å². The van der Waals surface area contributed by atoms with Crippen molar-refractivity contribution in [3.63, 3.8) is 0 Å². The predicted octanol–water partition coefficient (Wildman–Crippen LogP) is 3.27. The number of benzene rings is 1. The van der Waals surface area contributed by atoms with Gasteiger partial charge in [0.2, 0.25) is 17.7 Å². The Balaban J connectivity index is 1.78. The van der Waals surface area contributed by atoms with Gasteiger partial charge in [-0.3, -0.25) is 14.4 Å². The first-order valence-electron chi connectivity index (χ1n) is 9.96. The maximum Gasteiger partial charge on any atom is 0.243 e. The number of piperazine rings is 1. The van der Waals surface area contributed by atoms with E-state index in [0.29, 0.717) is 10.7 Å². The Morgan fingerprint density at radius 1 is 1.29 bits per heavy atom. The number of rotatable bonds is 4. The maximum atomic E-state index is 12.9. The Hall–Kier alpha value is -2.08. The van der Waals surface area contributed by atoms with E-state index in [2.05, 4.69) is 10.6 Å². The van der Waals surface area contributed by atoms with Crippen molar-refractivity contribution in [3.05, 3.63) is 28.8 Å². The third-order valence-electron chi connectivity index (χ3n) is 5.64. The number of aryl methyl sites for hydroxylation is 1. The molecule has 2 N–H and O–H groups in total. The molecule has 1 heterocycles. The summed E-state index contributed by atoms with van der Waals surface area (Å²) >= 11 is 6.12. The molecule has 152 valence electrons. The first-order valence-corrected chi connectivity index (χ1v) is 10.3. The monoisotopic (exact) mass is 405 g/mol. The van der Waals surface area contributed by atoms with E-state index in [1.807, 2.05) is 26.8 Å². The fourth-order valence-electron chi connectivity index (χ4n) is 4.11. The standard InChI is InChI=1S/C21H28ClN3O3/c1-12(2)21(28)25-17-7-5-4-6-16(17)24-20(27)18(25)11-19(26)23-14-9-8-13(3)15(22)10-14/h8-10,12,16-18H,4-7,11H2,1-3H3,(H,23,26)(H,24,27). The minimum atomic E-state index is -0.782. The van der Waals surface area contributed by atoms with Crippen molar-refractivity contribution in [3.8, 4) is 0 Å². The highest BCUT2D eigenvalue weighted by Crippen LogP contribution is 2.31. The Bertz CT molecular complexity index is 780. The third-order valence-corrected chi connectivity index (χ3v) is 6.04. The topological polar surface area (TPSA) is 78.5 Å². The predicted molar refractivity (Wildman–Crippen MR) is 109 cm³/mol. The lowest BCUT2D eigenvalue weighted by atomic mass is 9.84. The molecule has 0 spiro atoms. The van der Waals surface area contributed by atoms with Crippen molar-refractivity contribution in [1.29, 1.82) is 0 Å². The molecule has 7 heteroatoms. The summed E-state index contributed by atoms with van der Waals surface area (Å²) in [6, 6.07) is 4.45. The number of nitrogens with zero attached hydrogens (tertiary/aromatic N) is 1. The van der Waals surface area contributed by atoms with Gasteiger partial charge >= 0.3 is 0 Å². The first-order chi connectivity index (χ1) is 13.3. The van der Waals surface area contributed by atoms with Crippen LogP contribution in [0, 0.1) is 12.8 Å². The summed E-state index contributed by atoms with van der Waals surface area (Å²) in [4.78, 5) is 40.0. The smallest absolute Gasteiger partial charge is 0.243 e. The van der Waals surface area contributed by atoms with E-state index < -0.39 is 6.04 Å². The lowest BCUT2D eigenvalue weighted by molar-refractivity contribution is -0.154. The Morgan fingerprint density at radius 3 is 2.68 bits per heavy atom. The SMILES string of the molecule is Cc1ccc(NC(=O)CC2C(=O)NC3CCCCC3N2C(=O)C(C)C)cc1Cl. The average molecular weight is 406 g/mol. The van der Waals surface area contributed by atoms with Crippen LogP contribution in [0.15, 0.2) is 18.2 Å². The van der Waals surface area contributed by atoms with E-state index in [9.17, 15) is 14.4 Å². The molecule has 3 amide bonds. The highest BCUT2D eigenvalue weighted by molar-refractivity contribution is 6.31. The van der Waals surface area contributed by atoms with Gasteiger partial charge in [0.15, 0.2) is 0 Å². The van der Waals surface area contributed by atoms with E-state index in [-0.39, 0.29) is 42.1 Å². The molecule has 2 aliphatic rings. The molecule has 6 nitrogen and oxygen atoms in total. The summed E-state index contributed by atoms with van der Waals surface area (Å²) in [5.41, 5.74) is 1.50. The molecule has 0 radical (unpaired) electrons. The van der Waals surface area contributed by atoms with Crippen LogP contribution in [0.3, 0.4) is 0 Å². The molecule has 28 heavy (non-hydrogen) atoms. The van der Waals surface area contributed by atoms with Crippen LogP contribution in [0.2, 0.25) is 5.02 Å². The number of carbonyl (C=O) groups excluding carboxylic acids is 3. The summed E-state index contributed by atoms with van der Waals surface area (Å²) in [5, 5.41) is 6.41. The lowest BCUT2D eigenvalue weighted by Gasteiger charge is -2.48. The van der Waals surface area contributed by atoms with Crippen LogP contribution < -0.4 is 10.6 Å². The zero-order valence-corrected chi connectivity index (χ0v) is 17.4. The largest absolute Gasteiger partial charge is 0.349 e. The highest BCUT2D eigenvalue weighted by atomic mass is 35.5. The zero-order chi connectivity index (χ0) is 20.4. The van der Waals surface area contributed by atoms with Gasteiger partial charge in [-0.1, -0.05) is 44.4 Å². The molecule has 1 aromatic carbocycles. The zero-order valence-electron chi connectivity index (χ0n) is 16.6. The summed E-state index contributed by atoms with van der Waals surface area (Å²) in [7, 11) is 0. The van der Waals surface area contributed by atoms with Gasteiger partial charge in [0, 0.05) is 22.7 Å². The molecule has 1 aliphatic heterocycles. The Kier molecular flexibility index (Phi) is 6.28. The van der Waals surface area contributed by atoms with Gasteiger partial charge < -0.3 is 15.5 Å². The van der Waals surface area contributed by atoms with Crippen molar-refractivity contribution >= 4 is 35.0 Å². The Morgan fingerprint density at radius 2 is 2.00 bits per heavy atom. The first kappa shape index (κ1) is 20.6. The molecule has 0 aromatic heterocycles. The number of hydrogen-bond donors (Lipinski definition) is 2. The number of anilines is 1. The second-order valence-electron chi connectivity index (χ2n) is 8.10. The molecule has 1 aromatic rings. The molecule has 3 atom stereocenters. The van der Waals surface area contributed by atoms with Crippen molar-refractivity contribution in [2.75, 3.05) is 5.32 Å². The van der Waals surface area contributed by atoms with E-state index >= 15 is 0 Å². The van der Waals surface area contributed by atoms with Crippen molar-refractivity contribution in [1.82, 2.24) is 10.2 Å². The van der Waals surface area contributed by atoms with E-state index in [0.717, 1.165) is 31.2 Å². The summed E-state index contributed by atoms with van der Waals surface area (Å²) in [6.07, 6.45) is 3.73. The third kappa shape index (κ3) is 4.32. The number of hydrogen-bond acceptors (Lipinski definition) is 3. The minimum absolute atomic E-state index is 0.0147. The molecule has 0 bridgehead atoms. The van der Waals surface area contributed by atoms with Gasteiger partial charge in [0.1, 0.15) is 6.04 Å². The van der Waals surface area contributed by atoms with Gasteiger partial charge in [-0.05, 0) is 37.5 Å². The van der Waals surface area contributed by atoms with Crippen LogP contribution in [-0.4, -0.2) is 40.7 Å². The van der Waals surface area contributed by atoms with Crippen LogP contribution in [0.25, 0.3) is 0 Å². The molecule has 2 fully saturated rings. The average Bonchev–Trinajstić information content (AvgIpc) is 2.64. The van der Waals surface area contributed by atoms with Gasteiger partial charge in [0.05, 0.1) is 12.5 Å². The molecule has 1 saturated carbocycles. The molecule has 3 unspecified atom stereocenters. The van der Waals surface area contributed by atoms with Crippen molar-refractivity contribution < 1.29 is 14.4 Å². The molecular formula is C21H28ClN3O3. The highest BCUT2D eigenvalue weighted by Gasteiger charge is 2.46. The fraction of sp³-hybridized carbons (Fsp3) is 0.571.